The van der Waals surface area contributed by atoms with Crippen molar-refractivity contribution in [2.75, 3.05) is 0 Å². The van der Waals surface area contributed by atoms with Crippen LogP contribution in [0.2, 0.25) is 0 Å². The molecule has 3 nitrogen and oxygen atoms in total. The third-order valence-corrected chi connectivity index (χ3v) is 11.9. The maximum Gasteiger partial charge on any atom is 0.164 e. The van der Waals surface area contributed by atoms with Crippen LogP contribution in [0.3, 0.4) is 0 Å². The maximum absolute atomic E-state index is 12.2. The first kappa shape index (κ1) is 43.3. The van der Waals surface area contributed by atoms with Crippen molar-refractivity contribution in [1.29, 1.82) is 0 Å². The molecule has 52 heavy (non-hydrogen) atoms. The molecule has 0 fully saturated rings. The van der Waals surface area contributed by atoms with E-state index in [2.05, 4.69) is 114 Å². The number of fused-ring (bicyclic) bond motifs is 2. The molecule has 5 aromatic rings. The number of ketones is 1. The average molecular weight is 895 g/mol. The molecule has 3 aromatic carbocycles. The fourth-order valence-electron chi connectivity index (χ4n) is 6.47. The van der Waals surface area contributed by atoms with Crippen molar-refractivity contribution >= 4 is 38.1 Å². The standard InChI is InChI=1S/C32H32NS.C15H28O2.Ir/c1-20(2)15-22-11-13-23(14-12-22)27-19-30(33-31-28(27)16-21(3)34-31)25-17-24-9-7-8-10-26(24)29(18-25)32(4,5)6;1-7-14(5,8-2)12(16)11-13(17)15(6,9-3)10-4;/h7-14,16,18-20H,15H2,1-6H3;11,16H,7-10H2,1-6H3;/q-1;;/b;12-11-;. The first-order valence-electron chi connectivity index (χ1n) is 18.9. The molecule has 0 saturated heterocycles. The summed E-state index contributed by atoms with van der Waals surface area (Å²) in [6.45, 7) is 25.6. The number of thiophene rings is 1. The van der Waals surface area contributed by atoms with Gasteiger partial charge >= 0.3 is 0 Å². The number of carbonyl (C=O) groups is 1. The van der Waals surface area contributed by atoms with E-state index in [0.717, 1.165) is 53.6 Å². The van der Waals surface area contributed by atoms with Gasteiger partial charge in [0.25, 0.3) is 0 Å². The molecule has 2 heterocycles. The first-order valence-corrected chi connectivity index (χ1v) is 19.7. The number of aliphatic hydroxyl groups excluding tert-OH is 1. The van der Waals surface area contributed by atoms with Crippen LogP contribution in [0, 0.1) is 29.7 Å². The zero-order chi connectivity index (χ0) is 37.7. The molecule has 0 saturated carbocycles. The van der Waals surface area contributed by atoms with Gasteiger partial charge in [-0.1, -0.05) is 136 Å². The summed E-state index contributed by atoms with van der Waals surface area (Å²) >= 11 is 1.77. The Morgan fingerprint density at radius 3 is 2.00 bits per heavy atom. The average Bonchev–Trinajstić information content (AvgIpc) is 3.49. The van der Waals surface area contributed by atoms with Crippen LogP contribution in [0.15, 0.2) is 78.6 Å². The zero-order valence-corrected chi connectivity index (χ0v) is 36.8. The summed E-state index contributed by atoms with van der Waals surface area (Å²) in [6, 6.07) is 28.2. The third kappa shape index (κ3) is 9.90. The van der Waals surface area contributed by atoms with Gasteiger partial charge in [-0.3, -0.25) is 9.78 Å². The second-order valence-corrected chi connectivity index (χ2v) is 17.5. The summed E-state index contributed by atoms with van der Waals surface area (Å²) in [6.07, 6.45) is 5.86. The first-order chi connectivity index (χ1) is 24.0. The largest absolute Gasteiger partial charge is 0.512 e. The number of rotatable bonds is 11. The minimum atomic E-state index is -0.337. The van der Waals surface area contributed by atoms with Crippen LogP contribution >= 0.6 is 11.3 Å². The molecule has 0 aliphatic rings. The third-order valence-electron chi connectivity index (χ3n) is 11.0. The number of hydrogen-bond donors (Lipinski definition) is 1. The second kappa shape index (κ2) is 17.8. The SMILES string of the molecule is CCC(C)(CC)C(=O)/C=C(\O)C(C)(CC)CC.Cc1cc2c(-c3ccc(CC(C)C)cc3)cc(-c3[c-]c4ccccc4c(C(C)(C)C)c3)nc2s1.[Ir]. The van der Waals surface area contributed by atoms with Gasteiger partial charge in [0.1, 0.15) is 10.6 Å². The van der Waals surface area contributed by atoms with Crippen molar-refractivity contribution in [3.63, 3.8) is 0 Å². The van der Waals surface area contributed by atoms with Gasteiger partial charge in [-0.25, -0.2) is 0 Å². The monoisotopic (exact) mass is 895 g/mol. The number of aliphatic hydroxyl groups is 1. The predicted octanol–water partition coefficient (Wildman–Crippen LogP) is 14.0. The van der Waals surface area contributed by atoms with Gasteiger partial charge in [0.2, 0.25) is 0 Å². The van der Waals surface area contributed by atoms with Crippen molar-refractivity contribution in [2.24, 2.45) is 16.7 Å². The van der Waals surface area contributed by atoms with Gasteiger partial charge < -0.3 is 5.11 Å². The molecule has 1 N–H and O–H groups in total. The predicted molar refractivity (Wildman–Crippen MR) is 222 cm³/mol. The molecular formula is C47H60IrNO2S-. The summed E-state index contributed by atoms with van der Waals surface area (Å²) in [5.41, 5.74) is 6.71. The molecule has 281 valence electrons. The second-order valence-electron chi connectivity index (χ2n) is 16.2. The summed E-state index contributed by atoms with van der Waals surface area (Å²) < 4.78 is 0. The smallest absolute Gasteiger partial charge is 0.164 e. The van der Waals surface area contributed by atoms with Crippen molar-refractivity contribution in [3.8, 4) is 22.4 Å². The van der Waals surface area contributed by atoms with E-state index in [4.69, 9.17) is 4.98 Å². The number of nitrogens with zero attached hydrogens (tertiary/aromatic N) is 1. The van der Waals surface area contributed by atoms with Crippen LogP contribution in [-0.2, 0) is 36.7 Å². The van der Waals surface area contributed by atoms with E-state index < -0.39 is 0 Å². The van der Waals surface area contributed by atoms with E-state index in [1.54, 1.807) is 11.3 Å². The van der Waals surface area contributed by atoms with E-state index in [9.17, 15) is 9.90 Å². The normalized spacial score (nSPS) is 12.5. The van der Waals surface area contributed by atoms with Crippen LogP contribution in [0.5, 0.6) is 0 Å². The fourth-order valence-corrected chi connectivity index (χ4v) is 7.38. The minimum absolute atomic E-state index is 0. The molecule has 0 spiro atoms. The Morgan fingerprint density at radius 2 is 1.44 bits per heavy atom. The topological polar surface area (TPSA) is 50.2 Å². The van der Waals surface area contributed by atoms with Crippen molar-refractivity contribution in [3.05, 3.63) is 101 Å². The van der Waals surface area contributed by atoms with Crippen LogP contribution in [0.4, 0.5) is 0 Å². The minimum Gasteiger partial charge on any atom is -0.512 e. The molecule has 0 atom stereocenters. The molecule has 5 rings (SSSR count). The van der Waals surface area contributed by atoms with Crippen LogP contribution in [-0.4, -0.2) is 15.9 Å². The molecule has 2 aromatic heterocycles. The Labute approximate surface area is 331 Å². The van der Waals surface area contributed by atoms with Gasteiger partial charge in [0, 0.05) is 53.0 Å². The number of aryl methyl sites for hydroxylation is 1. The summed E-state index contributed by atoms with van der Waals surface area (Å²) in [4.78, 5) is 19.7. The number of aromatic nitrogens is 1. The van der Waals surface area contributed by atoms with Crippen molar-refractivity contribution < 1.29 is 30.0 Å². The van der Waals surface area contributed by atoms with Gasteiger partial charge in [-0.2, -0.15) is 0 Å². The molecule has 5 heteroatoms. The van der Waals surface area contributed by atoms with Gasteiger partial charge in [0.15, 0.2) is 5.78 Å². The number of benzene rings is 3. The molecule has 0 aliphatic heterocycles. The van der Waals surface area contributed by atoms with Gasteiger partial charge in [0.05, 0.1) is 0 Å². The zero-order valence-electron chi connectivity index (χ0n) is 33.6. The molecular weight excluding hydrogens is 835 g/mol. The summed E-state index contributed by atoms with van der Waals surface area (Å²) in [5.74, 6) is 0.943. The number of hydrogen-bond acceptors (Lipinski definition) is 4. The number of allylic oxidation sites excluding steroid dienone is 2. The van der Waals surface area contributed by atoms with Crippen LogP contribution in [0.25, 0.3) is 43.4 Å². The van der Waals surface area contributed by atoms with Gasteiger partial charge in [-0.15, -0.1) is 40.5 Å². The molecule has 0 bridgehead atoms. The summed E-state index contributed by atoms with van der Waals surface area (Å²) in [5, 5.41) is 13.8. The van der Waals surface area contributed by atoms with E-state index in [1.807, 2.05) is 41.5 Å². The molecule has 0 unspecified atom stereocenters. The number of carbonyl (C=O) groups excluding carboxylic acids is 1. The van der Waals surface area contributed by atoms with E-state index in [0.29, 0.717) is 5.92 Å². The van der Waals surface area contributed by atoms with Crippen LogP contribution in [0.1, 0.15) is 118 Å². The van der Waals surface area contributed by atoms with E-state index in [-0.39, 0.29) is 47.9 Å². The van der Waals surface area contributed by atoms with Crippen molar-refractivity contribution in [1.82, 2.24) is 4.98 Å². The molecule has 0 amide bonds. The summed E-state index contributed by atoms with van der Waals surface area (Å²) in [7, 11) is 0. The van der Waals surface area contributed by atoms with E-state index >= 15 is 0 Å². The van der Waals surface area contributed by atoms with E-state index in [1.165, 1.54) is 44.0 Å². The Balaban J connectivity index is 0.000000347. The molecule has 0 aliphatic carbocycles. The van der Waals surface area contributed by atoms with Crippen molar-refractivity contribution in [2.45, 2.75) is 121 Å². The van der Waals surface area contributed by atoms with Gasteiger partial charge in [-0.05, 0) is 73.1 Å². The maximum atomic E-state index is 12.2. The Morgan fingerprint density at radius 1 is 0.846 bits per heavy atom. The Kier molecular flexibility index (Phi) is 14.8. The quantitative estimate of drug-likeness (QED) is 0.0816. The Hall–Kier alpha value is -3.11. The fraction of sp³-hybridized carbons (Fsp3) is 0.447. The Bertz CT molecular complexity index is 1990. The number of pyridine rings is 1. The van der Waals surface area contributed by atoms with Crippen LogP contribution < -0.4 is 0 Å². The molecule has 1 radical (unpaired) electrons.